The highest BCUT2D eigenvalue weighted by Gasteiger charge is 2.32. The maximum atomic E-state index is 5.68. The first kappa shape index (κ1) is 12.1. The normalized spacial score (nSPS) is 28.8. The molecule has 0 spiro atoms. The average Bonchev–Trinajstić information content (AvgIpc) is 2.68. The van der Waals surface area contributed by atoms with Gasteiger partial charge in [-0.1, -0.05) is 18.2 Å². The molecule has 0 aromatic heterocycles. The van der Waals surface area contributed by atoms with Crippen molar-refractivity contribution in [3.8, 4) is 5.75 Å². The van der Waals surface area contributed by atoms with Gasteiger partial charge in [-0.15, -0.1) is 0 Å². The second kappa shape index (κ2) is 4.90. The van der Waals surface area contributed by atoms with E-state index in [-0.39, 0.29) is 6.10 Å². The van der Waals surface area contributed by atoms with Crippen molar-refractivity contribution in [2.45, 2.75) is 25.7 Å². The fourth-order valence-electron chi connectivity index (χ4n) is 1.80. The van der Waals surface area contributed by atoms with Gasteiger partial charge >= 0.3 is 0 Å². The molecule has 1 aliphatic rings. The van der Waals surface area contributed by atoms with Crippen molar-refractivity contribution in [2.75, 3.05) is 13.7 Å². The molecule has 0 aliphatic carbocycles. The summed E-state index contributed by atoms with van der Waals surface area (Å²) in [5, 5.41) is 0. The molecule has 3 nitrogen and oxygen atoms in total. The average molecular weight is 234 g/mol. The number of hydrogen-bond donors (Lipinski definition) is 0. The molecule has 0 amide bonds. The van der Waals surface area contributed by atoms with Gasteiger partial charge < -0.3 is 14.2 Å². The van der Waals surface area contributed by atoms with Crippen molar-refractivity contribution >= 4 is 6.08 Å². The molecule has 2 atom stereocenters. The fourth-order valence-corrected chi connectivity index (χ4v) is 1.80. The van der Waals surface area contributed by atoms with Crippen molar-refractivity contribution < 1.29 is 14.2 Å². The molecular formula is C14H18O3. The standard InChI is InChI=1S/C14H18O3/c1-11-10-16-14(2,17-11)9-8-12-4-6-13(15-3)7-5-12/h4-9,11H,10H2,1-3H3. The maximum Gasteiger partial charge on any atom is 0.185 e. The Labute approximate surface area is 102 Å². The Balaban J connectivity index is 2.04. The molecule has 2 rings (SSSR count). The minimum absolute atomic E-state index is 0.153. The number of hydrogen-bond acceptors (Lipinski definition) is 3. The lowest BCUT2D eigenvalue weighted by Gasteiger charge is -2.18. The summed E-state index contributed by atoms with van der Waals surface area (Å²) in [5.74, 6) is 0.259. The molecule has 0 saturated carbocycles. The highest BCUT2D eigenvalue weighted by atomic mass is 16.7. The molecule has 0 radical (unpaired) electrons. The molecule has 1 saturated heterocycles. The summed E-state index contributed by atoms with van der Waals surface area (Å²) in [7, 11) is 1.66. The van der Waals surface area contributed by atoms with Crippen LogP contribution in [0.25, 0.3) is 6.08 Å². The van der Waals surface area contributed by atoms with Crippen LogP contribution in [0.3, 0.4) is 0 Å². The van der Waals surface area contributed by atoms with Crippen LogP contribution in [0.1, 0.15) is 19.4 Å². The molecule has 0 N–H and O–H groups in total. The van der Waals surface area contributed by atoms with E-state index in [2.05, 4.69) is 0 Å². The minimum atomic E-state index is -0.598. The highest BCUT2D eigenvalue weighted by molar-refractivity contribution is 5.51. The van der Waals surface area contributed by atoms with Crippen LogP contribution < -0.4 is 4.74 Å². The van der Waals surface area contributed by atoms with Crippen molar-refractivity contribution in [2.24, 2.45) is 0 Å². The second-order valence-electron chi connectivity index (χ2n) is 4.36. The number of benzene rings is 1. The predicted molar refractivity (Wildman–Crippen MR) is 66.9 cm³/mol. The van der Waals surface area contributed by atoms with Gasteiger partial charge in [0.1, 0.15) is 5.75 Å². The van der Waals surface area contributed by atoms with E-state index in [1.807, 2.05) is 50.3 Å². The predicted octanol–water partition coefficient (Wildman–Crippen LogP) is 2.86. The van der Waals surface area contributed by atoms with Crippen LogP contribution in [0.5, 0.6) is 5.75 Å². The lowest BCUT2D eigenvalue weighted by atomic mass is 10.1. The molecular weight excluding hydrogens is 216 g/mol. The summed E-state index contributed by atoms with van der Waals surface area (Å²) in [4.78, 5) is 0. The van der Waals surface area contributed by atoms with Gasteiger partial charge in [-0.05, 0) is 37.6 Å². The van der Waals surface area contributed by atoms with Gasteiger partial charge in [0.2, 0.25) is 0 Å². The van der Waals surface area contributed by atoms with E-state index in [9.17, 15) is 0 Å². The summed E-state index contributed by atoms with van der Waals surface area (Å²) in [6.45, 7) is 4.58. The van der Waals surface area contributed by atoms with E-state index in [4.69, 9.17) is 14.2 Å². The van der Waals surface area contributed by atoms with Gasteiger partial charge in [0.25, 0.3) is 0 Å². The summed E-state index contributed by atoms with van der Waals surface area (Å²) < 4.78 is 16.4. The van der Waals surface area contributed by atoms with Crippen LogP contribution in [-0.2, 0) is 9.47 Å². The highest BCUT2D eigenvalue weighted by Crippen LogP contribution is 2.25. The number of rotatable bonds is 3. The molecule has 17 heavy (non-hydrogen) atoms. The third-order valence-electron chi connectivity index (χ3n) is 2.73. The van der Waals surface area contributed by atoms with Crippen LogP contribution in [0.15, 0.2) is 30.3 Å². The largest absolute Gasteiger partial charge is 0.497 e. The zero-order chi connectivity index (χ0) is 12.3. The molecule has 1 aromatic rings. The van der Waals surface area contributed by atoms with Crippen LogP contribution >= 0.6 is 0 Å². The van der Waals surface area contributed by atoms with E-state index in [0.717, 1.165) is 11.3 Å². The number of methoxy groups -OCH3 is 1. The Hall–Kier alpha value is -1.32. The Bertz CT molecular complexity index is 396. The molecule has 1 fully saturated rings. The molecule has 1 heterocycles. The third-order valence-corrected chi connectivity index (χ3v) is 2.73. The zero-order valence-corrected chi connectivity index (χ0v) is 10.5. The first-order valence-corrected chi connectivity index (χ1v) is 5.76. The number of ether oxygens (including phenoxy) is 3. The molecule has 1 aromatic carbocycles. The quantitative estimate of drug-likeness (QED) is 0.805. The van der Waals surface area contributed by atoms with Crippen LogP contribution in [0, 0.1) is 0 Å². The van der Waals surface area contributed by atoms with E-state index in [1.165, 1.54) is 0 Å². The summed E-state index contributed by atoms with van der Waals surface area (Å²) in [5.41, 5.74) is 1.10. The monoisotopic (exact) mass is 234 g/mol. The second-order valence-corrected chi connectivity index (χ2v) is 4.36. The molecule has 0 bridgehead atoms. The Morgan fingerprint density at radius 2 is 2.06 bits per heavy atom. The van der Waals surface area contributed by atoms with Crippen molar-refractivity contribution in [1.29, 1.82) is 0 Å². The van der Waals surface area contributed by atoms with E-state index < -0.39 is 5.79 Å². The van der Waals surface area contributed by atoms with Gasteiger partial charge in [-0.25, -0.2) is 0 Å². The Morgan fingerprint density at radius 3 is 2.59 bits per heavy atom. The molecule has 1 aliphatic heterocycles. The first-order chi connectivity index (χ1) is 8.11. The van der Waals surface area contributed by atoms with E-state index in [0.29, 0.717) is 6.61 Å². The summed E-state index contributed by atoms with van der Waals surface area (Å²) >= 11 is 0. The van der Waals surface area contributed by atoms with Crippen LogP contribution in [0.4, 0.5) is 0 Å². The summed E-state index contributed by atoms with van der Waals surface area (Å²) in [6, 6.07) is 7.86. The lowest BCUT2D eigenvalue weighted by molar-refractivity contribution is -0.110. The van der Waals surface area contributed by atoms with Gasteiger partial charge in [0.05, 0.1) is 19.8 Å². The third kappa shape index (κ3) is 3.08. The lowest BCUT2D eigenvalue weighted by Crippen LogP contribution is -2.22. The SMILES string of the molecule is COc1ccc(C=CC2(C)OCC(C)O2)cc1. The summed E-state index contributed by atoms with van der Waals surface area (Å²) in [6.07, 6.45) is 4.09. The smallest absolute Gasteiger partial charge is 0.185 e. The zero-order valence-electron chi connectivity index (χ0n) is 10.5. The van der Waals surface area contributed by atoms with Crippen molar-refractivity contribution in [1.82, 2.24) is 0 Å². The van der Waals surface area contributed by atoms with E-state index in [1.54, 1.807) is 7.11 Å². The first-order valence-electron chi connectivity index (χ1n) is 5.76. The van der Waals surface area contributed by atoms with Crippen LogP contribution in [-0.4, -0.2) is 25.6 Å². The minimum Gasteiger partial charge on any atom is -0.497 e. The molecule has 92 valence electrons. The van der Waals surface area contributed by atoms with Gasteiger partial charge in [-0.3, -0.25) is 0 Å². The van der Waals surface area contributed by atoms with E-state index >= 15 is 0 Å². The van der Waals surface area contributed by atoms with Crippen LogP contribution in [0.2, 0.25) is 0 Å². The Morgan fingerprint density at radius 1 is 1.35 bits per heavy atom. The fraction of sp³-hybridized carbons (Fsp3) is 0.429. The van der Waals surface area contributed by atoms with Crippen molar-refractivity contribution in [3.05, 3.63) is 35.9 Å². The molecule has 2 unspecified atom stereocenters. The Kier molecular flexibility index (Phi) is 3.50. The van der Waals surface area contributed by atoms with Gasteiger partial charge in [-0.2, -0.15) is 0 Å². The maximum absolute atomic E-state index is 5.68. The van der Waals surface area contributed by atoms with Gasteiger partial charge in [0.15, 0.2) is 5.79 Å². The molecule has 3 heteroatoms. The van der Waals surface area contributed by atoms with Gasteiger partial charge in [0, 0.05) is 0 Å². The topological polar surface area (TPSA) is 27.7 Å². The van der Waals surface area contributed by atoms with Crippen molar-refractivity contribution in [3.63, 3.8) is 0 Å².